The highest BCUT2D eigenvalue weighted by Gasteiger charge is 2.10. The van der Waals surface area contributed by atoms with Gasteiger partial charge < -0.3 is 0 Å². The van der Waals surface area contributed by atoms with Gasteiger partial charge in [-0.1, -0.05) is 39.1 Å². The Morgan fingerprint density at radius 2 is 1.83 bits per heavy atom. The van der Waals surface area contributed by atoms with Gasteiger partial charge in [0, 0.05) is 16.4 Å². The molecule has 0 unspecified atom stereocenters. The number of H-pyrrole nitrogens is 1. The Labute approximate surface area is 156 Å². The molecule has 1 aromatic heterocycles. The van der Waals surface area contributed by atoms with Crippen LogP contribution in [0.5, 0.6) is 0 Å². The molecule has 0 fully saturated rings. The first-order valence-corrected chi connectivity index (χ1v) is 8.57. The molecule has 0 bridgehead atoms. The summed E-state index contributed by atoms with van der Waals surface area (Å²) < 4.78 is 2.43. The molecule has 7 heteroatoms. The van der Waals surface area contributed by atoms with Crippen LogP contribution in [0.25, 0.3) is 5.69 Å². The average molecular weight is 425 g/mol. The molecule has 3 aromatic rings. The van der Waals surface area contributed by atoms with Gasteiger partial charge in [-0.3, -0.25) is 14.9 Å². The lowest BCUT2D eigenvalue weighted by Gasteiger charge is -2.00. The van der Waals surface area contributed by atoms with Crippen LogP contribution in [-0.4, -0.2) is 16.0 Å². The smallest absolute Gasteiger partial charge is 0.280 e. The third-order valence-corrected chi connectivity index (χ3v) is 4.72. The largest absolute Gasteiger partial charge is 0.295 e. The van der Waals surface area contributed by atoms with Crippen LogP contribution in [-0.2, 0) is 0 Å². The zero-order chi connectivity index (χ0) is 17.3. The molecule has 0 saturated carbocycles. The van der Waals surface area contributed by atoms with Crippen molar-refractivity contribution in [2.75, 3.05) is 0 Å². The second-order valence-electron chi connectivity index (χ2n) is 5.12. The number of nitrogens with one attached hydrogen (secondary N) is 1. The molecule has 1 N–H and O–H groups in total. The minimum atomic E-state index is -0.168. The molecule has 3 rings (SSSR count). The minimum absolute atomic E-state index is 0.168. The predicted octanol–water partition coefficient (Wildman–Crippen LogP) is 5.29. The number of hydrogen-bond donors (Lipinski definition) is 1. The molecule has 0 aliphatic carbocycles. The van der Waals surface area contributed by atoms with E-state index in [9.17, 15) is 4.79 Å². The van der Waals surface area contributed by atoms with Crippen LogP contribution in [0.4, 0.5) is 5.69 Å². The highest BCUT2D eigenvalue weighted by atomic mass is 79.9. The summed E-state index contributed by atoms with van der Waals surface area (Å²) in [6, 6.07) is 12.5. The number of benzene rings is 2. The molecule has 0 spiro atoms. The molecule has 0 aliphatic rings. The first-order chi connectivity index (χ1) is 11.5. The van der Waals surface area contributed by atoms with Gasteiger partial charge in [0.15, 0.2) is 0 Å². The van der Waals surface area contributed by atoms with Crippen molar-refractivity contribution in [3.05, 3.63) is 78.6 Å². The van der Waals surface area contributed by atoms with E-state index in [1.54, 1.807) is 18.2 Å². The maximum absolute atomic E-state index is 12.6. The van der Waals surface area contributed by atoms with Gasteiger partial charge in [0.25, 0.3) is 5.56 Å². The molecule has 2 aromatic carbocycles. The van der Waals surface area contributed by atoms with Crippen molar-refractivity contribution < 1.29 is 0 Å². The Kier molecular flexibility index (Phi) is 4.94. The second kappa shape index (κ2) is 6.97. The summed E-state index contributed by atoms with van der Waals surface area (Å²) in [7, 11) is 0. The fourth-order valence-electron chi connectivity index (χ4n) is 2.19. The number of rotatable bonds is 3. The Bertz CT molecular complexity index is 974. The fraction of sp³-hybridized carbons (Fsp3) is 0.0588. The standard InChI is InChI=1S/C17H12BrCl2N3O/c1-10-14(9-21-12-4-7-15(19)16(20)8-12)17(24)23(22-10)13-5-2-11(18)3-6-13/h2-9,22H,1H3. The van der Waals surface area contributed by atoms with Gasteiger partial charge in [0.05, 0.1) is 27.0 Å². The van der Waals surface area contributed by atoms with E-state index < -0.39 is 0 Å². The van der Waals surface area contributed by atoms with E-state index in [4.69, 9.17) is 23.2 Å². The van der Waals surface area contributed by atoms with Crippen molar-refractivity contribution in [1.29, 1.82) is 0 Å². The lowest BCUT2D eigenvalue weighted by Crippen LogP contribution is -2.17. The Hall–Kier alpha value is -1.82. The van der Waals surface area contributed by atoms with Crippen LogP contribution in [0.2, 0.25) is 10.0 Å². The topological polar surface area (TPSA) is 50.1 Å². The van der Waals surface area contributed by atoms with E-state index in [0.717, 1.165) is 15.9 Å². The molecule has 0 radical (unpaired) electrons. The van der Waals surface area contributed by atoms with Crippen molar-refractivity contribution in [3.63, 3.8) is 0 Å². The monoisotopic (exact) mass is 423 g/mol. The van der Waals surface area contributed by atoms with Crippen molar-refractivity contribution in [2.24, 2.45) is 4.99 Å². The molecule has 122 valence electrons. The highest BCUT2D eigenvalue weighted by molar-refractivity contribution is 9.10. The highest BCUT2D eigenvalue weighted by Crippen LogP contribution is 2.26. The number of hydrogen-bond acceptors (Lipinski definition) is 2. The van der Waals surface area contributed by atoms with Gasteiger partial charge >= 0.3 is 0 Å². The van der Waals surface area contributed by atoms with Crippen LogP contribution < -0.4 is 5.56 Å². The third kappa shape index (κ3) is 3.48. The Morgan fingerprint density at radius 3 is 2.50 bits per heavy atom. The molecule has 0 saturated heterocycles. The molecule has 4 nitrogen and oxygen atoms in total. The number of aromatic amines is 1. The Balaban J connectivity index is 1.97. The van der Waals surface area contributed by atoms with Crippen molar-refractivity contribution in [1.82, 2.24) is 9.78 Å². The molecular formula is C17H12BrCl2N3O. The molecular weight excluding hydrogens is 413 g/mol. The van der Waals surface area contributed by atoms with Crippen molar-refractivity contribution >= 4 is 51.0 Å². The molecule has 24 heavy (non-hydrogen) atoms. The van der Waals surface area contributed by atoms with Gasteiger partial charge in [-0.15, -0.1) is 0 Å². The number of aliphatic imine (C=N–C) groups is 1. The lowest BCUT2D eigenvalue weighted by molar-refractivity contribution is 0.835. The predicted molar refractivity (Wildman–Crippen MR) is 103 cm³/mol. The zero-order valence-corrected chi connectivity index (χ0v) is 15.7. The van der Waals surface area contributed by atoms with Crippen molar-refractivity contribution in [2.45, 2.75) is 6.92 Å². The SMILES string of the molecule is Cc1[nH]n(-c2ccc(Br)cc2)c(=O)c1C=Nc1ccc(Cl)c(Cl)c1. The number of nitrogens with zero attached hydrogens (tertiary/aromatic N) is 2. The summed E-state index contributed by atoms with van der Waals surface area (Å²) in [6.07, 6.45) is 1.53. The van der Waals surface area contributed by atoms with E-state index in [1.165, 1.54) is 10.9 Å². The molecule has 0 amide bonds. The summed E-state index contributed by atoms with van der Waals surface area (Å²) in [5, 5.41) is 3.94. The van der Waals surface area contributed by atoms with Crippen LogP contribution in [0.3, 0.4) is 0 Å². The molecule has 1 heterocycles. The van der Waals surface area contributed by atoms with E-state index in [1.807, 2.05) is 31.2 Å². The van der Waals surface area contributed by atoms with Gasteiger partial charge in [-0.25, -0.2) is 4.68 Å². The molecule has 0 atom stereocenters. The Morgan fingerprint density at radius 1 is 1.12 bits per heavy atom. The quantitative estimate of drug-likeness (QED) is 0.570. The summed E-state index contributed by atoms with van der Waals surface area (Å²) in [5.41, 5.74) is 2.43. The third-order valence-electron chi connectivity index (χ3n) is 3.45. The summed E-state index contributed by atoms with van der Waals surface area (Å²) >= 11 is 15.2. The van der Waals surface area contributed by atoms with Crippen LogP contribution >= 0.6 is 39.1 Å². The number of halogens is 3. The first kappa shape index (κ1) is 17.0. The zero-order valence-electron chi connectivity index (χ0n) is 12.6. The van der Waals surface area contributed by atoms with Crippen molar-refractivity contribution in [3.8, 4) is 5.69 Å². The van der Waals surface area contributed by atoms with Gasteiger partial charge in [0.2, 0.25) is 0 Å². The second-order valence-corrected chi connectivity index (χ2v) is 6.85. The average Bonchev–Trinajstić information content (AvgIpc) is 2.84. The van der Waals surface area contributed by atoms with Gasteiger partial charge in [0.1, 0.15) is 0 Å². The molecule has 0 aliphatic heterocycles. The first-order valence-electron chi connectivity index (χ1n) is 7.02. The van der Waals surface area contributed by atoms with E-state index in [-0.39, 0.29) is 5.56 Å². The summed E-state index contributed by atoms with van der Waals surface area (Å²) in [4.78, 5) is 16.9. The fourth-order valence-corrected chi connectivity index (χ4v) is 2.74. The van der Waals surface area contributed by atoms with Crippen LogP contribution in [0, 0.1) is 6.92 Å². The summed E-state index contributed by atoms with van der Waals surface area (Å²) in [6.45, 7) is 1.83. The maximum atomic E-state index is 12.6. The number of aromatic nitrogens is 2. The minimum Gasteiger partial charge on any atom is -0.295 e. The van der Waals surface area contributed by atoms with E-state index in [2.05, 4.69) is 26.0 Å². The number of aryl methyl sites for hydroxylation is 1. The summed E-state index contributed by atoms with van der Waals surface area (Å²) in [5.74, 6) is 0. The normalized spacial score (nSPS) is 11.3. The maximum Gasteiger partial charge on any atom is 0.280 e. The van der Waals surface area contributed by atoms with E-state index >= 15 is 0 Å². The van der Waals surface area contributed by atoms with E-state index in [0.29, 0.717) is 21.3 Å². The lowest BCUT2D eigenvalue weighted by atomic mass is 10.2. The van der Waals surface area contributed by atoms with Gasteiger partial charge in [-0.05, 0) is 49.4 Å². The van der Waals surface area contributed by atoms with Crippen LogP contribution in [0.15, 0.2) is 56.7 Å². The van der Waals surface area contributed by atoms with Gasteiger partial charge in [-0.2, -0.15) is 0 Å². The van der Waals surface area contributed by atoms with Crippen LogP contribution in [0.1, 0.15) is 11.3 Å².